The number of aliphatic hydroxyl groups excluding tert-OH is 3. The number of benzene rings is 1. The Morgan fingerprint density at radius 3 is 2.51 bits per heavy atom. The molecule has 1 aromatic carbocycles. The third-order valence-corrected chi connectivity index (χ3v) is 5.76. The van der Waals surface area contributed by atoms with Crippen LogP contribution >= 0.6 is 0 Å². The number of hydrogen-bond donors (Lipinski definition) is 6. The summed E-state index contributed by atoms with van der Waals surface area (Å²) in [5.74, 6) is -0.318. The topological polar surface area (TPSA) is 175 Å². The summed E-state index contributed by atoms with van der Waals surface area (Å²) in [6.45, 7) is 0.982. The number of hydrogen-bond acceptors (Lipinski definition) is 8. The number of carbonyl (C=O) groups is 3. The summed E-state index contributed by atoms with van der Waals surface area (Å²) in [5.41, 5.74) is 0.0720. The lowest BCUT2D eigenvalue weighted by Crippen LogP contribution is -2.61. The molecule has 0 aromatic heterocycles. The van der Waals surface area contributed by atoms with Gasteiger partial charge in [0.15, 0.2) is 6.10 Å². The molecule has 1 fully saturated rings. The molecule has 0 bridgehead atoms. The number of aliphatic hydroxyl groups is 3. The van der Waals surface area contributed by atoms with E-state index in [1.54, 1.807) is 0 Å². The lowest BCUT2D eigenvalue weighted by atomic mass is 9.99. The van der Waals surface area contributed by atoms with Gasteiger partial charge in [0.1, 0.15) is 36.8 Å². The SMILES string of the molecule is C#CCC(NC(=O)CCCCCC)C(=O)Nc1ccc(OC2OC(C(=O)O)C(O)C(O)C2O)c(CF)c1. The van der Waals surface area contributed by atoms with Gasteiger partial charge in [-0.1, -0.05) is 26.2 Å². The van der Waals surface area contributed by atoms with Crippen molar-refractivity contribution in [3.8, 4) is 18.1 Å². The number of ether oxygens (including phenoxy) is 2. The van der Waals surface area contributed by atoms with Gasteiger partial charge in [0.25, 0.3) is 0 Å². The smallest absolute Gasteiger partial charge is 0.335 e. The summed E-state index contributed by atoms with van der Waals surface area (Å²) in [6.07, 6.45) is -0.0649. The van der Waals surface area contributed by atoms with Gasteiger partial charge in [0.2, 0.25) is 18.1 Å². The molecule has 0 aliphatic carbocycles. The van der Waals surface area contributed by atoms with E-state index in [1.165, 1.54) is 18.2 Å². The normalized spacial score (nSPS) is 23.9. The molecule has 1 heterocycles. The molecule has 204 valence electrons. The molecule has 12 heteroatoms. The Labute approximate surface area is 214 Å². The van der Waals surface area contributed by atoms with Crippen LogP contribution in [0, 0.1) is 12.3 Å². The average Bonchev–Trinajstić information content (AvgIpc) is 2.87. The minimum Gasteiger partial charge on any atom is -0.479 e. The lowest BCUT2D eigenvalue weighted by Gasteiger charge is -2.38. The van der Waals surface area contributed by atoms with E-state index in [0.29, 0.717) is 6.42 Å². The van der Waals surface area contributed by atoms with Crippen LogP contribution in [0.25, 0.3) is 0 Å². The van der Waals surface area contributed by atoms with Crippen LogP contribution in [0.2, 0.25) is 0 Å². The number of rotatable bonds is 13. The molecule has 1 saturated heterocycles. The van der Waals surface area contributed by atoms with Crippen molar-refractivity contribution >= 4 is 23.5 Å². The number of unbranched alkanes of at least 4 members (excludes halogenated alkanes) is 3. The van der Waals surface area contributed by atoms with Gasteiger partial charge in [-0.25, -0.2) is 9.18 Å². The molecule has 6 atom stereocenters. The quantitative estimate of drug-likeness (QED) is 0.161. The number of terminal acetylenes is 1. The van der Waals surface area contributed by atoms with E-state index in [4.69, 9.17) is 21.0 Å². The Kier molecular flexibility index (Phi) is 11.7. The van der Waals surface area contributed by atoms with Gasteiger partial charge < -0.3 is 40.5 Å². The van der Waals surface area contributed by atoms with Gasteiger partial charge in [0.05, 0.1) is 0 Å². The maximum atomic E-state index is 13.8. The first-order valence-corrected chi connectivity index (χ1v) is 11.9. The van der Waals surface area contributed by atoms with E-state index in [-0.39, 0.29) is 35.7 Å². The minimum absolute atomic E-state index is 0.0560. The Bertz CT molecular complexity index is 983. The third-order valence-electron chi connectivity index (χ3n) is 5.76. The molecule has 0 radical (unpaired) electrons. The number of alkyl halides is 1. The third kappa shape index (κ3) is 8.40. The summed E-state index contributed by atoms with van der Waals surface area (Å²) in [5, 5.41) is 44.1. The molecule has 2 amide bonds. The van der Waals surface area contributed by atoms with Gasteiger partial charge in [0, 0.05) is 24.1 Å². The lowest BCUT2D eigenvalue weighted by molar-refractivity contribution is -0.271. The second-order valence-corrected chi connectivity index (χ2v) is 8.64. The molecule has 0 spiro atoms. The molecule has 37 heavy (non-hydrogen) atoms. The van der Waals surface area contributed by atoms with Crippen LogP contribution in [0.3, 0.4) is 0 Å². The summed E-state index contributed by atoms with van der Waals surface area (Å²) in [7, 11) is 0. The number of aliphatic carboxylic acids is 1. The first-order valence-electron chi connectivity index (χ1n) is 11.9. The van der Waals surface area contributed by atoms with E-state index >= 15 is 0 Å². The molecule has 11 nitrogen and oxygen atoms in total. The van der Waals surface area contributed by atoms with Crippen LogP contribution in [0.5, 0.6) is 5.75 Å². The summed E-state index contributed by atoms with van der Waals surface area (Å²) in [4.78, 5) is 36.2. The second kappa shape index (κ2) is 14.5. The van der Waals surface area contributed by atoms with Crippen molar-refractivity contribution in [2.45, 2.75) is 88.9 Å². The maximum Gasteiger partial charge on any atom is 0.335 e. The largest absolute Gasteiger partial charge is 0.479 e. The van der Waals surface area contributed by atoms with Crippen molar-refractivity contribution in [2.75, 3.05) is 5.32 Å². The number of carboxylic acid groups (broad SMARTS) is 1. The van der Waals surface area contributed by atoms with Crippen molar-refractivity contribution in [3.05, 3.63) is 23.8 Å². The first kappa shape index (κ1) is 30.0. The van der Waals surface area contributed by atoms with Crippen LogP contribution in [0.4, 0.5) is 10.1 Å². The maximum absolute atomic E-state index is 13.8. The van der Waals surface area contributed by atoms with E-state index < -0.39 is 55.3 Å². The standard InChI is InChI=1S/C25H33FN2O9/c1-3-5-6-7-9-18(29)28-16(8-4-2)23(33)27-15-10-11-17(14(12-15)13-26)36-25-21(32)19(30)20(31)22(37-25)24(34)35/h2,10-12,16,19-22,25,30-32H,3,5-9,13H2,1H3,(H,27,33)(H,28,29)(H,34,35). The fraction of sp³-hybridized carbons (Fsp3) is 0.560. The van der Waals surface area contributed by atoms with Gasteiger partial charge in [-0.2, -0.15) is 0 Å². The van der Waals surface area contributed by atoms with Crippen LogP contribution < -0.4 is 15.4 Å². The van der Waals surface area contributed by atoms with Crippen LogP contribution in [0.15, 0.2) is 18.2 Å². The highest BCUT2D eigenvalue weighted by Gasteiger charge is 2.48. The van der Waals surface area contributed by atoms with Gasteiger partial charge in [-0.05, 0) is 24.6 Å². The number of amides is 2. The van der Waals surface area contributed by atoms with E-state index in [9.17, 15) is 34.1 Å². The molecule has 0 saturated carbocycles. The number of halogens is 1. The first-order chi connectivity index (χ1) is 17.6. The van der Waals surface area contributed by atoms with E-state index in [1.807, 2.05) is 0 Å². The zero-order valence-corrected chi connectivity index (χ0v) is 20.4. The van der Waals surface area contributed by atoms with Crippen molar-refractivity contribution in [2.24, 2.45) is 0 Å². The molecule has 2 rings (SSSR count). The second-order valence-electron chi connectivity index (χ2n) is 8.64. The van der Waals surface area contributed by atoms with Crippen molar-refractivity contribution in [3.63, 3.8) is 0 Å². The zero-order valence-electron chi connectivity index (χ0n) is 20.4. The fourth-order valence-electron chi connectivity index (χ4n) is 3.69. The van der Waals surface area contributed by atoms with Crippen molar-refractivity contribution in [1.82, 2.24) is 5.32 Å². The van der Waals surface area contributed by atoms with Gasteiger partial charge in [-0.15, -0.1) is 12.3 Å². The predicted molar refractivity (Wildman–Crippen MR) is 129 cm³/mol. The molecule has 1 aromatic rings. The molecule has 1 aliphatic rings. The highest BCUT2D eigenvalue weighted by Crippen LogP contribution is 2.29. The highest BCUT2D eigenvalue weighted by atomic mass is 19.1. The highest BCUT2D eigenvalue weighted by molar-refractivity contribution is 5.97. The molecule has 6 unspecified atom stereocenters. The summed E-state index contributed by atoms with van der Waals surface area (Å²) >= 11 is 0. The number of nitrogens with one attached hydrogen (secondary N) is 2. The predicted octanol–water partition coefficient (Wildman–Crippen LogP) is 0.844. The van der Waals surface area contributed by atoms with E-state index in [0.717, 1.165) is 19.3 Å². The Hall–Kier alpha value is -3.24. The average molecular weight is 525 g/mol. The molecule has 1 aliphatic heterocycles. The Morgan fingerprint density at radius 1 is 1.16 bits per heavy atom. The monoisotopic (exact) mass is 524 g/mol. The van der Waals surface area contributed by atoms with Gasteiger partial charge in [-0.3, -0.25) is 9.59 Å². The molecular formula is C25H33FN2O9. The Morgan fingerprint density at radius 2 is 1.89 bits per heavy atom. The van der Waals surface area contributed by atoms with Crippen LogP contribution in [0.1, 0.15) is 51.0 Å². The fourth-order valence-corrected chi connectivity index (χ4v) is 3.69. The number of anilines is 1. The van der Waals surface area contributed by atoms with Crippen molar-refractivity contribution < 1.29 is 48.7 Å². The van der Waals surface area contributed by atoms with E-state index in [2.05, 4.69) is 23.5 Å². The van der Waals surface area contributed by atoms with Gasteiger partial charge >= 0.3 is 5.97 Å². The summed E-state index contributed by atoms with van der Waals surface area (Å²) in [6, 6.07) is 2.83. The minimum atomic E-state index is -1.90. The molecule has 6 N–H and O–H groups in total. The number of carboxylic acids is 1. The molecular weight excluding hydrogens is 491 g/mol. The van der Waals surface area contributed by atoms with Crippen LogP contribution in [-0.4, -0.2) is 75.0 Å². The zero-order chi connectivity index (χ0) is 27.5. The Balaban J connectivity index is 2.08. The van der Waals surface area contributed by atoms with Crippen LogP contribution in [-0.2, 0) is 25.8 Å². The summed E-state index contributed by atoms with van der Waals surface area (Å²) < 4.78 is 24.2. The van der Waals surface area contributed by atoms with Crippen molar-refractivity contribution in [1.29, 1.82) is 0 Å². The number of carbonyl (C=O) groups excluding carboxylic acids is 2.